The lowest BCUT2D eigenvalue weighted by molar-refractivity contribution is 0.0997. The van der Waals surface area contributed by atoms with Crippen molar-refractivity contribution in [1.29, 1.82) is 0 Å². The molecule has 0 atom stereocenters. The first-order valence-corrected chi connectivity index (χ1v) is 5.86. The largest absolute Gasteiger partial charge is 0.292 e. The summed E-state index contributed by atoms with van der Waals surface area (Å²) in [5.74, 6) is -0.0635. The SMILES string of the molecule is O=C(CC=Nc1ccccc1Cl)c1ccccn1. The monoisotopic (exact) mass is 258 g/mol. The van der Waals surface area contributed by atoms with Gasteiger partial charge in [-0.1, -0.05) is 29.8 Å². The smallest absolute Gasteiger partial charge is 0.186 e. The molecule has 0 saturated carbocycles. The van der Waals surface area contributed by atoms with E-state index in [0.717, 1.165) is 0 Å². The number of hydrogen-bond acceptors (Lipinski definition) is 3. The van der Waals surface area contributed by atoms with Crippen LogP contribution in [0.3, 0.4) is 0 Å². The lowest BCUT2D eigenvalue weighted by Gasteiger charge is -1.97. The van der Waals surface area contributed by atoms with Crippen molar-refractivity contribution in [1.82, 2.24) is 4.98 Å². The molecule has 2 rings (SSSR count). The lowest BCUT2D eigenvalue weighted by Crippen LogP contribution is -2.01. The van der Waals surface area contributed by atoms with E-state index in [1.807, 2.05) is 12.1 Å². The fourth-order valence-electron chi connectivity index (χ4n) is 1.42. The van der Waals surface area contributed by atoms with Gasteiger partial charge in [0.05, 0.1) is 10.7 Å². The molecule has 3 nitrogen and oxygen atoms in total. The van der Waals surface area contributed by atoms with Crippen molar-refractivity contribution in [3.63, 3.8) is 0 Å². The van der Waals surface area contributed by atoms with E-state index in [1.165, 1.54) is 0 Å². The molecule has 4 heteroatoms. The van der Waals surface area contributed by atoms with Crippen LogP contribution in [0.15, 0.2) is 53.7 Å². The summed E-state index contributed by atoms with van der Waals surface area (Å²) in [7, 11) is 0. The van der Waals surface area contributed by atoms with E-state index in [-0.39, 0.29) is 12.2 Å². The number of carbonyl (C=O) groups is 1. The zero-order valence-electron chi connectivity index (χ0n) is 9.58. The highest BCUT2D eigenvalue weighted by molar-refractivity contribution is 6.33. The van der Waals surface area contributed by atoms with E-state index >= 15 is 0 Å². The Morgan fingerprint density at radius 2 is 2.00 bits per heavy atom. The minimum Gasteiger partial charge on any atom is -0.292 e. The van der Waals surface area contributed by atoms with Gasteiger partial charge in [0, 0.05) is 18.8 Å². The fraction of sp³-hybridized carbons (Fsp3) is 0.0714. The second kappa shape index (κ2) is 6.07. The predicted octanol–water partition coefficient (Wildman–Crippen LogP) is 3.71. The molecule has 0 aliphatic heterocycles. The molecule has 90 valence electrons. The summed E-state index contributed by atoms with van der Waals surface area (Å²) in [5, 5.41) is 0.569. The third-order valence-corrected chi connectivity index (χ3v) is 2.63. The number of para-hydroxylation sites is 1. The summed E-state index contributed by atoms with van der Waals surface area (Å²) in [4.78, 5) is 19.9. The standard InChI is InChI=1S/C14H11ClN2O/c15-11-5-1-2-6-12(11)17-10-8-14(18)13-7-3-4-9-16-13/h1-7,9-10H,8H2. The van der Waals surface area contributed by atoms with Gasteiger partial charge in [0.1, 0.15) is 5.69 Å². The molecule has 0 N–H and O–H groups in total. The number of carbonyl (C=O) groups excluding carboxylic acids is 1. The van der Waals surface area contributed by atoms with Crippen LogP contribution in [0, 0.1) is 0 Å². The van der Waals surface area contributed by atoms with Crippen LogP contribution in [0.1, 0.15) is 16.9 Å². The molecule has 0 bridgehead atoms. The van der Waals surface area contributed by atoms with Crippen LogP contribution < -0.4 is 0 Å². The van der Waals surface area contributed by atoms with Gasteiger partial charge in [0.15, 0.2) is 5.78 Å². The summed E-state index contributed by atoms with van der Waals surface area (Å²) in [6.45, 7) is 0. The van der Waals surface area contributed by atoms with E-state index in [4.69, 9.17) is 11.6 Å². The molecule has 1 aromatic heterocycles. The van der Waals surface area contributed by atoms with Crippen molar-refractivity contribution in [3.8, 4) is 0 Å². The number of benzene rings is 1. The van der Waals surface area contributed by atoms with Crippen LogP contribution in [0.4, 0.5) is 5.69 Å². The molecular weight excluding hydrogens is 248 g/mol. The maximum absolute atomic E-state index is 11.7. The Balaban J connectivity index is 2.00. The molecule has 0 fully saturated rings. The zero-order chi connectivity index (χ0) is 12.8. The molecule has 2 aromatic rings. The molecular formula is C14H11ClN2O. The number of rotatable bonds is 4. The highest BCUT2D eigenvalue weighted by Crippen LogP contribution is 2.23. The molecule has 0 amide bonds. The van der Waals surface area contributed by atoms with Crippen molar-refractivity contribution in [2.45, 2.75) is 6.42 Å². The minimum atomic E-state index is -0.0635. The van der Waals surface area contributed by atoms with Gasteiger partial charge in [-0.3, -0.25) is 14.8 Å². The lowest BCUT2D eigenvalue weighted by atomic mass is 10.2. The maximum Gasteiger partial charge on any atom is 0.186 e. The number of halogens is 1. The van der Waals surface area contributed by atoms with Crippen molar-refractivity contribution in [2.24, 2.45) is 4.99 Å². The Labute approximate surface area is 110 Å². The number of Topliss-reactive ketones (excluding diaryl/α,β-unsaturated/α-hetero) is 1. The van der Waals surface area contributed by atoms with Gasteiger partial charge in [0.25, 0.3) is 0 Å². The normalized spacial score (nSPS) is 10.7. The van der Waals surface area contributed by atoms with E-state index in [0.29, 0.717) is 16.4 Å². The third kappa shape index (κ3) is 3.25. The molecule has 0 aliphatic carbocycles. The van der Waals surface area contributed by atoms with Gasteiger partial charge < -0.3 is 0 Å². The zero-order valence-corrected chi connectivity index (χ0v) is 10.3. The summed E-state index contributed by atoms with van der Waals surface area (Å²) in [6, 6.07) is 12.5. The quantitative estimate of drug-likeness (QED) is 0.620. The molecule has 0 unspecified atom stereocenters. The van der Waals surface area contributed by atoms with Crippen molar-refractivity contribution < 1.29 is 4.79 Å². The van der Waals surface area contributed by atoms with Gasteiger partial charge in [-0.25, -0.2) is 0 Å². The van der Waals surface area contributed by atoms with E-state index < -0.39 is 0 Å². The number of aromatic nitrogens is 1. The van der Waals surface area contributed by atoms with Crippen molar-refractivity contribution in [3.05, 3.63) is 59.4 Å². The van der Waals surface area contributed by atoms with Gasteiger partial charge in [-0.05, 0) is 24.3 Å². The maximum atomic E-state index is 11.7. The first kappa shape index (κ1) is 12.5. The van der Waals surface area contributed by atoms with E-state index in [9.17, 15) is 4.79 Å². The Morgan fingerprint density at radius 1 is 1.22 bits per heavy atom. The average Bonchev–Trinajstić information content (AvgIpc) is 2.42. The summed E-state index contributed by atoms with van der Waals surface area (Å²) >= 11 is 5.95. The summed E-state index contributed by atoms with van der Waals surface area (Å²) in [5.41, 5.74) is 1.11. The first-order valence-electron chi connectivity index (χ1n) is 5.48. The summed E-state index contributed by atoms with van der Waals surface area (Å²) < 4.78 is 0. The fourth-order valence-corrected chi connectivity index (χ4v) is 1.60. The van der Waals surface area contributed by atoms with Gasteiger partial charge in [-0.15, -0.1) is 0 Å². The second-order valence-corrected chi connectivity index (χ2v) is 4.01. The molecule has 0 radical (unpaired) electrons. The number of aliphatic imine (C=N–C) groups is 1. The molecule has 0 saturated heterocycles. The first-order chi connectivity index (χ1) is 8.77. The Bertz CT molecular complexity index is 567. The Hall–Kier alpha value is -2.00. The number of hydrogen-bond donors (Lipinski definition) is 0. The van der Waals surface area contributed by atoms with Gasteiger partial charge >= 0.3 is 0 Å². The van der Waals surface area contributed by atoms with Crippen LogP contribution in [-0.4, -0.2) is 17.0 Å². The third-order valence-electron chi connectivity index (χ3n) is 2.31. The molecule has 18 heavy (non-hydrogen) atoms. The number of ketones is 1. The molecule has 0 spiro atoms. The van der Waals surface area contributed by atoms with E-state index in [1.54, 1.807) is 42.7 Å². The predicted molar refractivity (Wildman–Crippen MR) is 72.8 cm³/mol. The molecule has 1 heterocycles. The highest BCUT2D eigenvalue weighted by Gasteiger charge is 2.04. The van der Waals surface area contributed by atoms with Crippen LogP contribution in [0.2, 0.25) is 5.02 Å². The van der Waals surface area contributed by atoms with E-state index in [2.05, 4.69) is 9.98 Å². The Kier molecular flexibility index (Phi) is 4.20. The van der Waals surface area contributed by atoms with Crippen LogP contribution in [0.5, 0.6) is 0 Å². The Morgan fingerprint density at radius 3 is 2.72 bits per heavy atom. The molecule has 0 aliphatic rings. The second-order valence-electron chi connectivity index (χ2n) is 3.61. The highest BCUT2D eigenvalue weighted by atomic mass is 35.5. The molecule has 1 aromatic carbocycles. The van der Waals surface area contributed by atoms with Crippen molar-refractivity contribution in [2.75, 3.05) is 0 Å². The van der Waals surface area contributed by atoms with Crippen molar-refractivity contribution >= 4 is 29.3 Å². The number of nitrogens with zero attached hydrogens (tertiary/aromatic N) is 2. The topological polar surface area (TPSA) is 42.3 Å². The van der Waals surface area contributed by atoms with Crippen LogP contribution in [0.25, 0.3) is 0 Å². The van der Waals surface area contributed by atoms with Crippen LogP contribution >= 0.6 is 11.6 Å². The average molecular weight is 259 g/mol. The van der Waals surface area contributed by atoms with Gasteiger partial charge in [0.2, 0.25) is 0 Å². The van der Waals surface area contributed by atoms with Crippen LogP contribution in [-0.2, 0) is 0 Å². The summed E-state index contributed by atoms with van der Waals surface area (Å²) in [6.07, 6.45) is 3.36. The minimum absolute atomic E-state index is 0.0635. The number of pyridine rings is 1. The van der Waals surface area contributed by atoms with Gasteiger partial charge in [-0.2, -0.15) is 0 Å².